The van der Waals surface area contributed by atoms with Gasteiger partial charge in [0.05, 0.1) is 19.8 Å². The van der Waals surface area contributed by atoms with Gasteiger partial charge in [-0.15, -0.1) is 0 Å². The fourth-order valence-electron chi connectivity index (χ4n) is 3.27. The van der Waals surface area contributed by atoms with Crippen molar-refractivity contribution in [3.05, 3.63) is 52.6 Å². The van der Waals surface area contributed by atoms with Crippen LogP contribution in [-0.4, -0.2) is 20.2 Å². The summed E-state index contributed by atoms with van der Waals surface area (Å²) >= 11 is 0. The number of aryl methyl sites for hydroxylation is 3. The Balaban J connectivity index is 2.22. The van der Waals surface area contributed by atoms with Crippen LogP contribution in [0.1, 0.15) is 33.5 Å². The lowest BCUT2D eigenvalue weighted by molar-refractivity contribution is 0.0601. The summed E-state index contributed by atoms with van der Waals surface area (Å²) in [5.41, 5.74) is 6.75. The molecule has 0 N–H and O–H groups in total. The summed E-state index contributed by atoms with van der Waals surface area (Å²) in [6.45, 7) is 2.10. The van der Waals surface area contributed by atoms with E-state index >= 15 is 0 Å². The normalized spacial score (nSPS) is 12.9. The number of carbonyl (C=O) groups excluding carboxylic acids is 1. The van der Waals surface area contributed by atoms with Crippen molar-refractivity contribution in [3.8, 4) is 16.9 Å². The molecule has 2 aromatic carbocycles. The molecule has 0 fully saturated rings. The highest BCUT2D eigenvalue weighted by atomic mass is 16.5. The first-order chi connectivity index (χ1) is 10.6. The minimum absolute atomic E-state index is 0.292. The van der Waals surface area contributed by atoms with E-state index in [9.17, 15) is 4.79 Å². The fourth-order valence-corrected chi connectivity index (χ4v) is 3.27. The molecule has 0 unspecified atom stereocenters. The Kier molecular flexibility index (Phi) is 3.88. The van der Waals surface area contributed by atoms with Gasteiger partial charge in [-0.2, -0.15) is 0 Å². The lowest BCUT2D eigenvalue weighted by Crippen LogP contribution is -2.03. The van der Waals surface area contributed by atoms with Gasteiger partial charge in [0, 0.05) is 0 Å². The maximum atomic E-state index is 11.8. The third kappa shape index (κ3) is 2.47. The van der Waals surface area contributed by atoms with Gasteiger partial charge < -0.3 is 9.47 Å². The number of fused-ring (bicyclic) bond motifs is 3. The van der Waals surface area contributed by atoms with Crippen molar-refractivity contribution in [2.24, 2.45) is 0 Å². The molecule has 2 aromatic rings. The molecule has 0 spiro atoms. The van der Waals surface area contributed by atoms with Gasteiger partial charge in [0.25, 0.3) is 0 Å². The molecule has 0 saturated heterocycles. The van der Waals surface area contributed by atoms with E-state index in [4.69, 9.17) is 9.47 Å². The molecule has 3 rings (SSSR count). The highest BCUT2D eigenvalue weighted by Gasteiger charge is 2.19. The van der Waals surface area contributed by atoms with E-state index in [-0.39, 0.29) is 5.97 Å². The molecule has 3 heteroatoms. The van der Waals surface area contributed by atoms with E-state index in [0.29, 0.717) is 5.56 Å². The number of esters is 1. The van der Waals surface area contributed by atoms with Crippen molar-refractivity contribution in [3.63, 3.8) is 0 Å². The smallest absolute Gasteiger partial charge is 0.337 e. The van der Waals surface area contributed by atoms with Crippen molar-refractivity contribution in [2.45, 2.75) is 26.2 Å². The molecule has 0 amide bonds. The molecule has 0 radical (unpaired) electrons. The Hall–Kier alpha value is -2.29. The van der Waals surface area contributed by atoms with E-state index < -0.39 is 0 Å². The summed E-state index contributed by atoms with van der Waals surface area (Å²) in [5, 5.41) is 0. The quantitative estimate of drug-likeness (QED) is 0.787. The second-order valence-electron chi connectivity index (χ2n) is 5.70. The number of hydrogen-bond donors (Lipinski definition) is 0. The standard InChI is InChI=1S/C19H20O3/c1-12-9-16(21-2)10-14-6-4-5-13-7-8-15(19(20)22-3)11-17(13)18(12)14/h7-11H,4-6H2,1-3H3. The summed E-state index contributed by atoms with van der Waals surface area (Å²) in [6, 6.07) is 10.0. The third-order valence-corrected chi connectivity index (χ3v) is 4.32. The van der Waals surface area contributed by atoms with Gasteiger partial charge in [0.2, 0.25) is 0 Å². The summed E-state index contributed by atoms with van der Waals surface area (Å²) < 4.78 is 10.2. The van der Waals surface area contributed by atoms with Crippen LogP contribution in [0.3, 0.4) is 0 Å². The molecule has 3 nitrogen and oxygen atoms in total. The van der Waals surface area contributed by atoms with Gasteiger partial charge in [0.15, 0.2) is 0 Å². The van der Waals surface area contributed by atoms with Gasteiger partial charge in [0.1, 0.15) is 5.75 Å². The van der Waals surface area contributed by atoms with Crippen LogP contribution >= 0.6 is 0 Å². The molecule has 22 heavy (non-hydrogen) atoms. The average Bonchev–Trinajstić information content (AvgIpc) is 2.72. The van der Waals surface area contributed by atoms with E-state index in [1.54, 1.807) is 7.11 Å². The first kappa shape index (κ1) is 14.6. The summed E-state index contributed by atoms with van der Waals surface area (Å²) in [6.07, 6.45) is 3.15. The summed E-state index contributed by atoms with van der Waals surface area (Å²) in [5.74, 6) is 0.601. The van der Waals surface area contributed by atoms with Crippen LogP contribution in [0.4, 0.5) is 0 Å². The molecule has 0 heterocycles. The minimum atomic E-state index is -0.292. The van der Waals surface area contributed by atoms with Crippen molar-refractivity contribution >= 4 is 5.97 Å². The van der Waals surface area contributed by atoms with E-state index in [2.05, 4.69) is 25.1 Å². The van der Waals surface area contributed by atoms with E-state index in [1.807, 2.05) is 12.1 Å². The largest absolute Gasteiger partial charge is 0.497 e. The number of benzene rings is 2. The number of hydrogen-bond acceptors (Lipinski definition) is 3. The summed E-state index contributed by atoms with van der Waals surface area (Å²) in [4.78, 5) is 11.8. The number of rotatable bonds is 2. The van der Waals surface area contributed by atoms with Crippen LogP contribution in [-0.2, 0) is 17.6 Å². The van der Waals surface area contributed by atoms with Gasteiger partial charge in [-0.1, -0.05) is 6.07 Å². The molecule has 0 bridgehead atoms. The van der Waals surface area contributed by atoms with Crippen LogP contribution in [0, 0.1) is 6.92 Å². The second kappa shape index (κ2) is 5.84. The van der Waals surface area contributed by atoms with E-state index in [0.717, 1.165) is 30.6 Å². The zero-order valence-corrected chi connectivity index (χ0v) is 13.2. The molecule has 0 aliphatic heterocycles. The van der Waals surface area contributed by atoms with Crippen LogP contribution in [0.5, 0.6) is 5.75 Å². The fraction of sp³-hybridized carbons (Fsp3) is 0.316. The Morgan fingerprint density at radius 3 is 2.55 bits per heavy atom. The number of methoxy groups -OCH3 is 2. The van der Waals surface area contributed by atoms with Crippen molar-refractivity contribution < 1.29 is 14.3 Å². The van der Waals surface area contributed by atoms with Crippen LogP contribution in [0.15, 0.2) is 30.3 Å². The SMILES string of the molecule is COC(=O)c1ccc2c(c1)-c1c(C)cc(OC)cc1CCC2. The third-order valence-electron chi connectivity index (χ3n) is 4.32. The Morgan fingerprint density at radius 2 is 1.82 bits per heavy atom. The number of ether oxygens (including phenoxy) is 2. The molecule has 0 aromatic heterocycles. The molecular formula is C19H20O3. The zero-order valence-electron chi connectivity index (χ0n) is 13.2. The monoisotopic (exact) mass is 296 g/mol. The predicted octanol–water partition coefficient (Wildman–Crippen LogP) is 3.95. The second-order valence-corrected chi connectivity index (χ2v) is 5.70. The van der Waals surface area contributed by atoms with Gasteiger partial charge in [-0.05, 0) is 78.3 Å². The summed E-state index contributed by atoms with van der Waals surface area (Å²) in [7, 11) is 3.11. The van der Waals surface area contributed by atoms with Gasteiger partial charge in [-0.3, -0.25) is 0 Å². The minimum Gasteiger partial charge on any atom is -0.497 e. The number of carbonyl (C=O) groups is 1. The highest BCUT2D eigenvalue weighted by Crippen LogP contribution is 2.37. The first-order valence-corrected chi connectivity index (χ1v) is 7.53. The zero-order chi connectivity index (χ0) is 15.7. The maximum Gasteiger partial charge on any atom is 0.337 e. The van der Waals surface area contributed by atoms with E-state index in [1.165, 1.54) is 29.4 Å². The lowest BCUT2D eigenvalue weighted by atomic mass is 9.91. The lowest BCUT2D eigenvalue weighted by Gasteiger charge is -2.15. The average molecular weight is 296 g/mol. The predicted molar refractivity (Wildman–Crippen MR) is 86.5 cm³/mol. The highest BCUT2D eigenvalue weighted by molar-refractivity contribution is 5.92. The Bertz CT molecular complexity index is 732. The Labute approximate surface area is 130 Å². The molecule has 0 saturated carbocycles. The van der Waals surface area contributed by atoms with Gasteiger partial charge in [-0.25, -0.2) is 4.79 Å². The molecule has 0 atom stereocenters. The molecule has 1 aliphatic rings. The first-order valence-electron chi connectivity index (χ1n) is 7.53. The Morgan fingerprint density at radius 1 is 1.05 bits per heavy atom. The van der Waals surface area contributed by atoms with Crippen molar-refractivity contribution in [1.29, 1.82) is 0 Å². The van der Waals surface area contributed by atoms with Gasteiger partial charge >= 0.3 is 5.97 Å². The van der Waals surface area contributed by atoms with Crippen LogP contribution in [0.2, 0.25) is 0 Å². The molecule has 114 valence electrons. The van der Waals surface area contributed by atoms with Crippen LogP contribution in [0.25, 0.3) is 11.1 Å². The maximum absolute atomic E-state index is 11.8. The van der Waals surface area contributed by atoms with Crippen molar-refractivity contribution in [1.82, 2.24) is 0 Å². The van der Waals surface area contributed by atoms with Crippen LogP contribution < -0.4 is 4.74 Å². The van der Waals surface area contributed by atoms with Crippen molar-refractivity contribution in [2.75, 3.05) is 14.2 Å². The molecular weight excluding hydrogens is 276 g/mol. The molecule has 1 aliphatic carbocycles. The topological polar surface area (TPSA) is 35.5 Å².